The van der Waals surface area contributed by atoms with Crippen LogP contribution in [0.1, 0.15) is 27.0 Å². The fourth-order valence-electron chi connectivity index (χ4n) is 2.69. The van der Waals surface area contributed by atoms with Crippen molar-refractivity contribution in [3.63, 3.8) is 0 Å². The van der Waals surface area contributed by atoms with E-state index in [0.29, 0.717) is 22.4 Å². The second-order valence-corrected chi connectivity index (χ2v) is 6.93. The molecule has 0 radical (unpaired) electrons. The van der Waals surface area contributed by atoms with E-state index in [1.165, 1.54) is 12.1 Å². The minimum Gasteiger partial charge on any atom is -0.457 e. The highest BCUT2D eigenvalue weighted by Crippen LogP contribution is 2.28. The minimum absolute atomic E-state index is 0.208. The lowest BCUT2D eigenvalue weighted by molar-refractivity contribution is -0.763. The van der Waals surface area contributed by atoms with Crippen molar-refractivity contribution >= 4 is 28.9 Å². The fraction of sp³-hybridized carbons (Fsp3) is 0.0435. The van der Waals surface area contributed by atoms with Gasteiger partial charge in [0, 0.05) is 5.56 Å². The van der Waals surface area contributed by atoms with Crippen LogP contribution >= 0.6 is 12.2 Å². The lowest BCUT2D eigenvalue weighted by Crippen LogP contribution is -2.10. The van der Waals surface area contributed by atoms with Gasteiger partial charge in [-0.2, -0.15) is 0 Å². The summed E-state index contributed by atoms with van der Waals surface area (Å²) in [6.45, 7) is 3.72. The average Bonchev–Trinajstić information content (AvgIpc) is 2.78. The number of benzene rings is 3. The molecule has 32 heavy (non-hydrogen) atoms. The van der Waals surface area contributed by atoms with E-state index in [0.717, 1.165) is 0 Å². The van der Waals surface area contributed by atoms with Gasteiger partial charge in [0.25, 0.3) is 5.09 Å². The Morgan fingerprint density at radius 2 is 1.59 bits per heavy atom. The summed E-state index contributed by atoms with van der Waals surface area (Å²) < 4.78 is 11.3. The molecular weight excluding hydrogens is 432 g/mol. The van der Waals surface area contributed by atoms with Crippen LogP contribution in [0.5, 0.6) is 11.5 Å². The summed E-state index contributed by atoms with van der Waals surface area (Å²) >= 11 is 4.94. The highest BCUT2D eigenvalue weighted by molar-refractivity contribution is 7.80. The molecule has 0 heterocycles. The third kappa shape index (κ3) is 5.89. The van der Waals surface area contributed by atoms with Gasteiger partial charge in [-0.25, -0.2) is 4.79 Å². The van der Waals surface area contributed by atoms with Gasteiger partial charge in [0.05, 0.1) is 11.1 Å². The van der Waals surface area contributed by atoms with E-state index in [1.54, 1.807) is 60.7 Å². The maximum Gasteiger partial charge on any atom is 0.343 e. The highest BCUT2D eigenvalue weighted by Gasteiger charge is 2.15. The summed E-state index contributed by atoms with van der Waals surface area (Å²) in [4.78, 5) is 27.4. The molecule has 8 nitrogen and oxygen atoms in total. The van der Waals surface area contributed by atoms with E-state index >= 15 is 0 Å². The molecule has 0 unspecified atom stereocenters. The standard InChI is InChI=1S/C23H18N2O6S/c1-15(30-19-12-10-17(11-13-19)22(24)32)20-4-2-3-5-21(20)31-23(26)18-8-6-16(7-9-18)14-29-25(27)28/h2-13H,1,14H2,(H2,24,32). The average molecular weight is 450 g/mol. The minimum atomic E-state index is -0.880. The van der Waals surface area contributed by atoms with Crippen molar-refractivity contribution in [2.24, 2.45) is 5.73 Å². The molecule has 0 aliphatic carbocycles. The summed E-state index contributed by atoms with van der Waals surface area (Å²) in [6.07, 6.45) is 0. The van der Waals surface area contributed by atoms with E-state index in [-0.39, 0.29) is 28.7 Å². The van der Waals surface area contributed by atoms with E-state index in [1.807, 2.05) is 0 Å². The quantitative estimate of drug-likeness (QED) is 0.128. The Balaban J connectivity index is 1.70. The molecule has 0 spiro atoms. The van der Waals surface area contributed by atoms with Crippen LogP contribution in [0.3, 0.4) is 0 Å². The molecule has 0 aliphatic rings. The van der Waals surface area contributed by atoms with Crippen molar-refractivity contribution in [1.29, 1.82) is 0 Å². The van der Waals surface area contributed by atoms with Gasteiger partial charge in [0.15, 0.2) is 0 Å². The SMILES string of the molecule is C=C(Oc1ccc(C(N)=S)cc1)c1ccccc1OC(=O)c1ccc(CO[N+](=O)[O-])cc1. The van der Waals surface area contributed by atoms with E-state index < -0.39 is 11.1 Å². The molecule has 162 valence electrons. The molecular formula is C23H18N2O6S. The molecule has 0 saturated carbocycles. The Morgan fingerprint density at radius 1 is 0.969 bits per heavy atom. The summed E-state index contributed by atoms with van der Waals surface area (Å²) in [5, 5.41) is 9.40. The van der Waals surface area contributed by atoms with E-state index in [9.17, 15) is 14.9 Å². The largest absolute Gasteiger partial charge is 0.457 e. The van der Waals surface area contributed by atoms with Crippen molar-refractivity contribution in [3.8, 4) is 11.5 Å². The van der Waals surface area contributed by atoms with Crippen LogP contribution in [0.4, 0.5) is 0 Å². The molecule has 0 fully saturated rings. The first kappa shape index (κ1) is 22.4. The van der Waals surface area contributed by atoms with Gasteiger partial charge in [-0.15, -0.1) is 10.1 Å². The van der Waals surface area contributed by atoms with Crippen LogP contribution in [-0.2, 0) is 11.4 Å². The number of nitrogens with two attached hydrogens (primary N) is 1. The summed E-state index contributed by atoms with van der Waals surface area (Å²) in [6, 6.07) is 19.8. The summed E-state index contributed by atoms with van der Waals surface area (Å²) in [5.74, 6) is 0.461. The van der Waals surface area contributed by atoms with Crippen molar-refractivity contribution in [2.45, 2.75) is 6.61 Å². The normalized spacial score (nSPS) is 10.1. The second kappa shape index (κ2) is 10.2. The van der Waals surface area contributed by atoms with Gasteiger partial charge in [-0.05, 0) is 54.1 Å². The summed E-state index contributed by atoms with van der Waals surface area (Å²) in [5.41, 5.74) is 7.62. The van der Waals surface area contributed by atoms with Crippen molar-refractivity contribution in [2.75, 3.05) is 0 Å². The van der Waals surface area contributed by atoms with Crippen LogP contribution in [0, 0.1) is 10.1 Å². The predicted molar refractivity (Wildman–Crippen MR) is 122 cm³/mol. The smallest absolute Gasteiger partial charge is 0.343 e. The molecule has 3 rings (SSSR count). The Labute approximate surface area is 188 Å². The zero-order valence-electron chi connectivity index (χ0n) is 16.7. The zero-order valence-corrected chi connectivity index (χ0v) is 17.5. The third-order valence-electron chi connectivity index (χ3n) is 4.30. The molecule has 9 heteroatoms. The Bertz CT molecular complexity index is 1160. The third-order valence-corrected chi connectivity index (χ3v) is 4.53. The van der Waals surface area contributed by atoms with Gasteiger partial charge in [-0.3, -0.25) is 0 Å². The van der Waals surface area contributed by atoms with Crippen LogP contribution < -0.4 is 15.2 Å². The number of hydrogen-bond donors (Lipinski definition) is 1. The van der Waals surface area contributed by atoms with Gasteiger partial charge in [0.2, 0.25) is 0 Å². The topological polar surface area (TPSA) is 114 Å². The van der Waals surface area contributed by atoms with Gasteiger partial charge >= 0.3 is 5.97 Å². The number of hydrogen-bond acceptors (Lipinski definition) is 7. The van der Waals surface area contributed by atoms with Crippen molar-refractivity contribution in [3.05, 3.63) is 112 Å². The lowest BCUT2D eigenvalue weighted by atomic mass is 10.1. The molecule has 3 aromatic rings. The number of carbonyl (C=O) groups is 1. The Kier molecular flexibility index (Phi) is 7.14. The van der Waals surface area contributed by atoms with Crippen LogP contribution in [0.15, 0.2) is 79.4 Å². The van der Waals surface area contributed by atoms with Crippen molar-refractivity contribution < 1.29 is 24.2 Å². The molecule has 3 aromatic carbocycles. The molecule has 0 aromatic heterocycles. The second-order valence-electron chi connectivity index (χ2n) is 6.49. The number of rotatable bonds is 9. The number of ether oxygens (including phenoxy) is 2. The first-order chi connectivity index (χ1) is 15.3. The first-order valence-corrected chi connectivity index (χ1v) is 9.69. The number of para-hydroxylation sites is 1. The number of thiocarbonyl (C=S) groups is 1. The maximum absolute atomic E-state index is 12.6. The van der Waals surface area contributed by atoms with Crippen LogP contribution in [0.2, 0.25) is 0 Å². The molecule has 2 N–H and O–H groups in total. The molecule has 0 saturated heterocycles. The van der Waals surface area contributed by atoms with Gasteiger partial charge < -0.3 is 20.0 Å². The first-order valence-electron chi connectivity index (χ1n) is 9.28. The van der Waals surface area contributed by atoms with Gasteiger partial charge in [0.1, 0.15) is 28.9 Å². The van der Waals surface area contributed by atoms with Crippen LogP contribution in [0.25, 0.3) is 5.76 Å². The predicted octanol–water partition coefficient (Wildman–Crippen LogP) is 4.30. The number of esters is 1. The molecule has 0 bridgehead atoms. The molecule has 0 amide bonds. The Hall–Kier alpha value is -4.24. The lowest BCUT2D eigenvalue weighted by Gasteiger charge is -2.13. The number of nitrogens with zero attached hydrogens (tertiary/aromatic N) is 1. The van der Waals surface area contributed by atoms with Gasteiger partial charge in [-0.1, -0.05) is 43.1 Å². The Morgan fingerprint density at radius 3 is 2.22 bits per heavy atom. The summed E-state index contributed by atoms with van der Waals surface area (Å²) in [7, 11) is 0. The monoisotopic (exact) mass is 450 g/mol. The maximum atomic E-state index is 12.6. The highest BCUT2D eigenvalue weighted by atomic mass is 32.1. The van der Waals surface area contributed by atoms with E-state index in [4.69, 9.17) is 27.4 Å². The van der Waals surface area contributed by atoms with E-state index in [2.05, 4.69) is 11.4 Å². The van der Waals surface area contributed by atoms with Crippen molar-refractivity contribution in [1.82, 2.24) is 0 Å². The number of carbonyl (C=O) groups excluding carboxylic acids is 1. The molecule has 0 aliphatic heterocycles. The molecule has 0 atom stereocenters. The fourth-order valence-corrected chi connectivity index (χ4v) is 2.83. The van der Waals surface area contributed by atoms with Crippen LogP contribution in [-0.4, -0.2) is 16.0 Å². The zero-order chi connectivity index (χ0) is 23.1.